The minimum Gasteiger partial charge on any atom is -0.466 e. The van der Waals surface area contributed by atoms with Gasteiger partial charge in [-0.3, -0.25) is 0 Å². The van der Waals surface area contributed by atoms with Crippen LogP contribution in [-0.2, 0) is 28.5 Å². The van der Waals surface area contributed by atoms with Gasteiger partial charge in [0.15, 0.2) is 23.0 Å². The van der Waals surface area contributed by atoms with Gasteiger partial charge in [-0.25, -0.2) is 19.2 Å². The van der Waals surface area contributed by atoms with Crippen LogP contribution in [0.15, 0.2) is 36.4 Å². The van der Waals surface area contributed by atoms with Crippen molar-refractivity contribution in [3.05, 3.63) is 47.5 Å². The molecule has 0 spiro atoms. The molecule has 0 saturated carbocycles. The summed E-state index contributed by atoms with van der Waals surface area (Å²) < 4.78 is 40.5. The van der Waals surface area contributed by atoms with Gasteiger partial charge >= 0.3 is 23.9 Å². The highest BCUT2D eigenvalue weighted by Crippen LogP contribution is 2.34. The van der Waals surface area contributed by atoms with Crippen LogP contribution in [0.4, 0.5) is 0 Å². The van der Waals surface area contributed by atoms with E-state index in [0.717, 1.165) is 14.2 Å². The van der Waals surface area contributed by atoms with E-state index in [4.69, 9.17) is 28.4 Å². The molecule has 34 heavy (non-hydrogen) atoms. The number of rotatable bonds is 7. The van der Waals surface area contributed by atoms with Crippen molar-refractivity contribution >= 4 is 23.9 Å². The molecule has 0 unspecified atom stereocenters. The number of hydrogen-bond donors (Lipinski definition) is 0. The summed E-state index contributed by atoms with van der Waals surface area (Å²) in [6, 6.07) is 8.37. The molecule has 0 amide bonds. The second-order valence-corrected chi connectivity index (χ2v) is 6.83. The zero-order chi connectivity index (χ0) is 24.2. The monoisotopic (exact) mass is 474 g/mol. The van der Waals surface area contributed by atoms with E-state index in [0.29, 0.717) is 23.0 Å². The highest BCUT2D eigenvalue weighted by molar-refractivity contribution is 5.96. The first-order valence-electron chi connectivity index (χ1n) is 9.78. The lowest BCUT2D eigenvalue weighted by Gasteiger charge is -2.23. The zero-order valence-corrected chi connectivity index (χ0v) is 17.9. The second-order valence-electron chi connectivity index (χ2n) is 6.83. The second kappa shape index (κ2) is 9.57. The van der Waals surface area contributed by atoms with Crippen molar-refractivity contribution in [1.82, 2.24) is 0 Å². The van der Waals surface area contributed by atoms with Gasteiger partial charge in [-0.15, -0.1) is 0 Å². The summed E-state index contributed by atoms with van der Waals surface area (Å²) in [5.41, 5.74) is -0.0206. The molecule has 0 bridgehead atoms. The Bertz CT molecular complexity index is 1050. The summed E-state index contributed by atoms with van der Waals surface area (Å²) in [6.45, 7) is -0.0301. The van der Waals surface area contributed by atoms with Crippen LogP contribution in [0, 0.1) is 0 Å². The Morgan fingerprint density at radius 2 is 1.03 bits per heavy atom. The minimum atomic E-state index is -1.96. The quantitative estimate of drug-likeness (QED) is 0.421. The molecule has 2 aliphatic rings. The molecular weight excluding hydrogens is 456 g/mol. The summed E-state index contributed by atoms with van der Waals surface area (Å²) in [6.07, 6.45) is -3.93. The van der Waals surface area contributed by atoms with Crippen LogP contribution in [0.5, 0.6) is 23.0 Å². The Morgan fingerprint density at radius 1 is 0.647 bits per heavy atom. The third kappa shape index (κ3) is 4.51. The van der Waals surface area contributed by atoms with Crippen LogP contribution in [0.1, 0.15) is 20.7 Å². The number of methoxy groups -OCH3 is 2. The van der Waals surface area contributed by atoms with Crippen LogP contribution < -0.4 is 18.9 Å². The van der Waals surface area contributed by atoms with E-state index in [2.05, 4.69) is 9.47 Å². The maximum absolute atomic E-state index is 12.7. The first-order chi connectivity index (χ1) is 16.4. The lowest BCUT2D eigenvalue weighted by Crippen LogP contribution is -2.47. The topological polar surface area (TPSA) is 142 Å². The average Bonchev–Trinajstić information content (AvgIpc) is 3.53. The van der Waals surface area contributed by atoms with E-state index in [1.54, 1.807) is 0 Å². The van der Waals surface area contributed by atoms with Crippen molar-refractivity contribution in [2.75, 3.05) is 27.8 Å². The molecule has 2 heterocycles. The standard InChI is InChI=1S/C22H18O12/c1-27-21(25)17(33-19(23)11-3-5-13-15(7-11)31-9-29-13)18(22(26)28-2)34-20(24)12-4-6-14-16(8-12)32-10-30-14/h3-8,17-18H,9-10H2,1-2H3/t17-,18-/m1/s1. The molecule has 0 radical (unpaired) electrons. The Labute approximate surface area is 192 Å². The van der Waals surface area contributed by atoms with E-state index >= 15 is 0 Å². The predicted molar refractivity (Wildman–Crippen MR) is 108 cm³/mol. The van der Waals surface area contributed by atoms with Crippen molar-refractivity contribution < 1.29 is 57.1 Å². The highest BCUT2D eigenvalue weighted by Gasteiger charge is 2.42. The van der Waals surface area contributed by atoms with E-state index in [9.17, 15) is 19.2 Å². The SMILES string of the molecule is COC(=O)[C@H](OC(=O)c1ccc2c(c1)OCO2)[C@@H](OC(=O)c1ccc2c(c1)OCO2)C(=O)OC. The molecule has 0 saturated heterocycles. The van der Waals surface area contributed by atoms with Gasteiger partial charge in [0, 0.05) is 0 Å². The Morgan fingerprint density at radius 3 is 1.41 bits per heavy atom. The zero-order valence-electron chi connectivity index (χ0n) is 17.9. The van der Waals surface area contributed by atoms with Crippen LogP contribution in [0.2, 0.25) is 0 Å². The maximum atomic E-state index is 12.7. The van der Waals surface area contributed by atoms with Gasteiger partial charge in [-0.1, -0.05) is 0 Å². The predicted octanol–water partition coefficient (Wildman–Crippen LogP) is 1.24. The number of fused-ring (bicyclic) bond motifs is 2. The molecule has 0 N–H and O–H groups in total. The Balaban J connectivity index is 1.56. The van der Waals surface area contributed by atoms with Gasteiger partial charge in [0.2, 0.25) is 25.8 Å². The maximum Gasteiger partial charge on any atom is 0.351 e. The third-order valence-electron chi connectivity index (χ3n) is 4.83. The van der Waals surface area contributed by atoms with E-state index in [1.165, 1.54) is 36.4 Å². The van der Waals surface area contributed by atoms with Gasteiger partial charge in [0.25, 0.3) is 0 Å². The molecule has 4 rings (SSSR count). The molecule has 2 atom stereocenters. The number of benzene rings is 2. The number of esters is 4. The van der Waals surface area contributed by atoms with E-state index < -0.39 is 36.1 Å². The van der Waals surface area contributed by atoms with Gasteiger partial charge in [0.05, 0.1) is 25.3 Å². The third-order valence-corrected chi connectivity index (χ3v) is 4.83. The van der Waals surface area contributed by atoms with Gasteiger partial charge < -0.3 is 37.9 Å². The van der Waals surface area contributed by atoms with Crippen LogP contribution in [0.3, 0.4) is 0 Å². The molecule has 2 aromatic rings. The summed E-state index contributed by atoms with van der Waals surface area (Å²) >= 11 is 0. The number of carbonyl (C=O) groups excluding carboxylic acids is 4. The minimum absolute atomic E-state index is 0.0103. The largest absolute Gasteiger partial charge is 0.466 e. The lowest BCUT2D eigenvalue weighted by atomic mass is 10.1. The summed E-state index contributed by atoms with van der Waals surface area (Å²) in [5, 5.41) is 0. The van der Waals surface area contributed by atoms with Crippen LogP contribution in [-0.4, -0.2) is 63.9 Å². The first kappa shape index (κ1) is 22.7. The van der Waals surface area contributed by atoms with Crippen molar-refractivity contribution in [3.8, 4) is 23.0 Å². The number of ether oxygens (including phenoxy) is 8. The molecule has 0 aromatic heterocycles. The van der Waals surface area contributed by atoms with Crippen molar-refractivity contribution in [1.29, 1.82) is 0 Å². The van der Waals surface area contributed by atoms with Gasteiger partial charge in [-0.05, 0) is 36.4 Å². The van der Waals surface area contributed by atoms with Crippen molar-refractivity contribution in [2.45, 2.75) is 12.2 Å². The lowest BCUT2D eigenvalue weighted by molar-refractivity contribution is -0.170. The fourth-order valence-corrected chi connectivity index (χ4v) is 3.11. The normalized spacial score (nSPS) is 14.5. The fourth-order valence-electron chi connectivity index (χ4n) is 3.11. The summed E-state index contributed by atoms with van der Waals surface area (Å²) in [5.74, 6) is -2.89. The Hall–Kier alpha value is -4.48. The van der Waals surface area contributed by atoms with Gasteiger partial charge in [0.1, 0.15) is 0 Å². The molecule has 2 aliphatic heterocycles. The average molecular weight is 474 g/mol. The van der Waals surface area contributed by atoms with Gasteiger partial charge in [-0.2, -0.15) is 0 Å². The van der Waals surface area contributed by atoms with E-state index in [-0.39, 0.29) is 24.7 Å². The fraction of sp³-hybridized carbons (Fsp3) is 0.273. The summed E-state index contributed by atoms with van der Waals surface area (Å²) in [7, 11) is 2.02. The van der Waals surface area contributed by atoms with Crippen molar-refractivity contribution in [2.24, 2.45) is 0 Å². The Kier molecular flexibility index (Phi) is 6.39. The number of carbonyl (C=O) groups is 4. The molecule has 178 valence electrons. The summed E-state index contributed by atoms with van der Waals surface area (Å²) in [4.78, 5) is 50.3. The molecule has 2 aromatic carbocycles. The van der Waals surface area contributed by atoms with Crippen LogP contribution >= 0.6 is 0 Å². The molecular formula is C22H18O12. The highest BCUT2D eigenvalue weighted by atomic mass is 16.7. The molecule has 12 nitrogen and oxygen atoms in total. The van der Waals surface area contributed by atoms with E-state index in [1.807, 2.05) is 0 Å². The first-order valence-corrected chi connectivity index (χ1v) is 9.78. The number of hydrogen-bond acceptors (Lipinski definition) is 12. The van der Waals surface area contributed by atoms with Crippen LogP contribution in [0.25, 0.3) is 0 Å². The molecule has 12 heteroatoms. The molecule has 0 fully saturated rings. The smallest absolute Gasteiger partial charge is 0.351 e. The van der Waals surface area contributed by atoms with Crippen molar-refractivity contribution in [3.63, 3.8) is 0 Å². The molecule has 0 aliphatic carbocycles.